The number of nitrogens with zero attached hydrogens (tertiary/aromatic N) is 8. The van der Waals surface area contributed by atoms with Crippen molar-refractivity contribution in [2.75, 3.05) is 0 Å². The van der Waals surface area contributed by atoms with Crippen molar-refractivity contribution in [2.45, 2.75) is 0 Å². The molecule has 0 aliphatic rings. The van der Waals surface area contributed by atoms with Crippen molar-refractivity contribution in [2.24, 2.45) is 0 Å². The highest BCUT2D eigenvalue weighted by Gasteiger charge is 2.46. The molecule has 6 aromatic heterocycles. The van der Waals surface area contributed by atoms with Crippen LogP contribution in [0.3, 0.4) is 0 Å². The molecule has 0 radical (unpaired) electrons. The molecule has 300 valence electrons. The first-order chi connectivity index (χ1) is 31.7. The molecule has 0 aliphatic heterocycles. The average molecular weight is 855 g/mol. The van der Waals surface area contributed by atoms with Crippen molar-refractivity contribution < 1.29 is 0 Å². The molecule has 8 nitrogen and oxygen atoms in total. The van der Waals surface area contributed by atoms with Crippen LogP contribution in [0.5, 0.6) is 0 Å². The van der Waals surface area contributed by atoms with Crippen LogP contribution in [0.2, 0.25) is 0 Å². The molecule has 0 N–H and O–H groups in total. The van der Waals surface area contributed by atoms with Gasteiger partial charge in [-0.05, 0) is 76.2 Å². The summed E-state index contributed by atoms with van der Waals surface area (Å²) in [5, 5.41) is 6.07. The van der Waals surface area contributed by atoms with Crippen molar-refractivity contribution in [3.63, 3.8) is 0 Å². The van der Waals surface area contributed by atoms with Gasteiger partial charge in [0.1, 0.15) is 17.1 Å². The number of para-hydroxylation sites is 8. The van der Waals surface area contributed by atoms with Gasteiger partial charge in [0.2, 0.25) is 19.6 Å². The Kier molecular flexibility index (Phi) is 7.42. The van der Waals surface area contributed by atoms with E-state index in [0.717, 1.165) is 72.8 Å². The van der Waals surface area contributed by atoms with E-state index in [1.165, 1.54) is 35.7 Å². The number of aromatic nitrogens is 8. The smallest absolute Gasteiger partial charge is 0.226 e. The molecule has 8 aromatic carbocycles. The number of thiophene rings is 1. The molecule has 10 heteroatoms. The van der Waals surface area contributed by atoms with Crippen LogP contribution in [0.1, 0.15) is 0 Å². The summed E-state index contributed by atoms with van der Waals surface area (Å²) in [5.41, 5.74) is 8.77. The summed E-state index contributed by atoms with van der Waals surface area (Å²) in [6.07, 6.45) is 0. The Morgan fingerprint density at radius 3 is 1.36 bits per heavy atom. The van der Waals surface area contributed by atoms with E-state index in [1.54, 1.807) is 0 Å². The molecule has 0 saturated heterocycles. The van der Waals surface area contributed by atoms with Gasteiger partial charge in [-0.1, -0.05) is 140 Å². The Bertz CT molecular complexity index is 3950. The quantitative estimate of drug-likeness (QED) is 0.124. The van der Waals surface area contributed by atoms with Crippen LogP contribution in [-0.4, -0.2) is 45.9 Å². The summed E-state index contributed by atoms with van der Waals surface area (Å²) in [6.45, 7) is 0. The SMILES string of the molecule is c1ccc([Si](c2ccccc2)(c2ccc3sc4ccccc4c3c2)c2nc(-n3c4ccccc4n4c5ccccc5nc34)cc(-n3c4ccccc4n4c5ccccc5nc34)n2)cc1. The maximum absolute atomic E-state index is 5.91. The van der Waals surface area contributed by atoms with Crippen molar-refractivity contribution in [3.05, 3.63) is 206 Å². The van der Waals surface area contributed by atoms with Crippen LogP contribution in [0, 0.1) is 0 Å². The summed E-state index contributed by atoms with van der Waals surface area (Å²) >= 11 is 1.84. The topological polar surface area (TPSA) is 70.2 Å². The minimum absolute atomic E-state index is 0.722. The molecule has 14 aromatic rings. The van der Waals surface area contributed by atoms with Crippen LogP contribution in [0.25, 0.3) is 87.5 Å². The number of rotatable bonds is 6. The molecule has 6 heterocycles. The third-order valence-electron chi connectivity index (χ3n) is 12.9. The van der Waals surface area contributed by atoms with Gasteiger partial charge >= 0.3 is 0 Å². The summed E-state index contributed by atoms with van der Waals surface area (Å²) in [6, 6.07) is 73.6. The van der Waals surface area contributed by atoms with Crippen molar-refractivity contribution in [3.8, 4) is 11.6 Å². The first-order valence-electron chi connectivity index (χ1n) is 21.4. The van der Waals surface area contributed by atoms with E-state index in [4.69, 9.17) is 19.9 Å². The van der Waals surface area contributed by atoms with Gasteiger partial charge in [-0.2, -0.15) is 0 Å². The van der Waals surface area contributed by atoms with E-state index < -0.39 is 8.07 Å². The third-order valence-corrected chi connectivity index (χ3v) is 18.6. The van der Waals surface area contributed by atoms with Gasteiger partial charge < -0.3 is 0 Å². The van der Waals surface area contributed by atoms with Crippen LogP contribution >= 0.6 is 11.3 Å². The van der Waals surface area contributed by atoms with E-state index >= 15 is 0 Å². The van der Waals surface area contributed by atoms with E-state index in [-0.39, 0.29) is 0 Å². The number of hydrogen-bond donors (Lipinski definition) is 0. The number of benzene rings is 8. The Labute approximate surface area is 370 Å². The molecule has 0 unspecified atom stereocenters. The largest absolute Gasteiger partial charge is 0.276 e. The van der Waals surface area contributed by atoms with Crippen LogP contribution in [0.4, 0.5) is 0 Å². The molecule has 0 fully saturated rings. The van der Waals surface area contributed by atoms with Gasteiger partial charge in [0.15, 0.2) is 0 Å². The lowest BCUT2D eigenvalue weighted by Crippen LogP contribution is -2.76. The van der Waals surface area contributed by atoms with Gasteiger partial charge in [-0.3, -0.25) is 17.9 Å². The van der Waals surface area contributed by atoms with Gasteiger partial charge in [0.05, 0.1) is 44.1 Å². The second-order valence-electron chi connectivity index (χ2n) is 16.3. The molecule has 0 spiro atoms. The highest BCUT2D eigenvalue weighted by atomic mass is 32.1. The van der Waals surface area contributed by atoms with E-state index in [9.17, 15) is 0 Å². The number of fused-ring (bicyclic) bond motifs is 13. The van der Waals surface area contributed by atoms with Crippen LogP contribution in [-0.2, 0) is 0 Å². The lowest BCUT2D eigenvalue weighted by atomic mass is 10.1. The number of hydrogen-bond acceptors (Lipinski definition) is 5. The van der Waals surface area contributed by atoms with E-state index in [1.807, 2.05) is 23.5 Å². The molecule has 0 amide bonds. The summed E-state index contributed by atoms with van der Waals surface area (Å²) in [7, 11) is -3.40. The van der Waals surface area contributed by atoms with Crippen molar-refractivity contribution >= 4 is 116 Å². The second kappa shape index (κ2) is 13.4. The maximum Gasteiger partial charge on any atom is 0.226 e. The fourth-order valence-corrected chi connectivity index (χ4v) is 15.7. The minimum Gasteiger partial charge on any atom is -0.276 e. The fraction of sp³-hybridized carbons (Fsp3) is 0. The molecule has 0 saturated carbocycles. The van der Waals surface area contributed by atoms with Gasteiger partial charge in [0, 0.05) is 26.2 Å². The lowest BCUT2D eigenvalue weighted by molar-refractivity contribution is 0.982. The van der Waals surface area contributed by atoms with Gasteiger partial charge in [-0.15, -0.1) is 11.3 Å². The lowest BCUT2D eigenvalue weighted by Gasteiger charge is -2.32. The molecule has 0 atom stereocenters. The third kappa shape index (κ3) is 4.86. The highest BCUT2D eigenvalue weighted by molar-refractivity contribution is 7.26. The zero-order valence-corrected chi connectivity index (χ0v) is 35.9. The monoisotopic (exact) mass is 854 g/mol. The second-order valence-corrected chi connectivity index (χ2v) is 21.1. The first kappa shape index (κ1) is 35.4. The average Bonchev–Trinajstić information content (AvgIpc) is 4.16. The maximum atomic E-state index is 5.91. The molecular weight excluding hydrogens is 821 g/mol. The standard InChI is InChI=1S/C54H34N8SSi/c1-3-17-35(18-4-1)64(36-19-5-2-6-20-36,37-31-32-49-39(33-37)38-21-7-16-30-48(38)63-49)52-57-50(61-46-28-14-12-26-44(46)59-42-24-10-8-22-40(42)55-53(59)61)34-51(58-52)62-47-29-15-13-27-45(47)60-43-25-11-9-23-41(43)56-54(60)62/h1-34H. The minimum atomic E-state index is -3.40. The Balaban J connectivity index is 1.18. The van der Waals surface area contributed by atoms with Crippen LogP contribution < -0.4 is 21.0 Å². The van der Waals surface area contributed by atoms with Gasteiger partial charge in [0.25, 0.3) is 0 Å². The fourth-order valence-electron chi connectivity index (χ4n) is 10.2. The summed E-state index contributed by atoms with van der Waals surface area (Å²) in [4.78, 5) is 22.5. The zero-order valence-electron chi connectivity index (χ0n) is 34.1. The van der Waals surface area contributed by atoms with Gasteiger partial charge in [-0.25, -0.2) is 19.9 Å². The normalized spacial score (nSPS) is 12.4. The van der Waals surface area contributed by atoms with Crippen molar-refractivity contribution in [1.82, 2.24) is 37.9 Å². The molecule has 0 aliphatic carbocycles. The molecule has 0 bridgehead atoms. The van der Waals surface area contributed by atoms with E-state index in [0.29, 0.717) is 0 Å². The predicted molar refractivity (Wildman–Crippen MR) is 265 cm³/mol. The zero-order chi connectivity index (χ0) is 41.9. The predicted octanol–water partition coefficient (Wildman–Crippen LogP) is 9.71. The molecule has 14 rings (SSSR count). The number of imidazole rings is 4. The summed E-state index contributed by atoms with van der Waals surface area (Å²) in [5.74, 6) is 3.01. The first-order valence-corrected chi connectivity index (χ1v) is 24.2. The summed E-state index contributed by atoms with van der Waals surface area (Å²) < 4.78 is 11.5. The molecular formula is C54H34N8SSi. The van der Waals surface area contributed by atoms with Crippen molar-refractivity contribution in [1.29, 1.82) is 0 Å². The Morgan fingerprint density at radius 2 is 0.797 bits per heavy atom. The van der Waals surface area contributed by atoms with E-state index in [2.05, 4.69) is 212 Å². The highest BCUT2D eigenvalue weighted by Crippen LogP contribution is 2.35. The molecule has 64 heavy (non-hydrogen) atoms. The van der Waals surface area contributed by atoms with Crippen LogP contribution in [0.15, 0.2) is 206 Å². The Morgan fingerprint density at radius 1 is 0.344 bits per heavy atom. The Hall–Kier alpha value is -8.18.